The van der Waals surface area contributed by atoms with E-state index in [0.29, 0.717) is 0 Å². The molecule has 0 saturated carbocycles. The number of guanidine groups is 1. The topological polar surface area (TPSA) is 36.9 Å². The molecule has 0 bridgehead atoms. The summed E-state index contributed by atoms with van der Waals surface area (Å²) in [5.74, 6) is 1.89. The van der Waals surface area contributed by atoms with Gasteiger partial charge in [0.1, 0.15) is 0 Å². The zero-order valence-electron chi connectivity index (χ0n) is 13.0. The van der Waals surface area contributed by atoms with Gasteiger partial charge in [-0.1, -0.05) is 13.3 Å². The van der Waals surface area contributed by atoms with Crippen LogP contribution in [0.2, 0.25) is 0 Å². The standard InChI is InChI=1S/C15H31N3O/c1-4-6-10-17-15(16-5-2)18(3)11-7-14-8-12-19-13-9-14/h14H,4-13H2,1-3H3,(H,16,17). The Hall–Kier alpha value is -0.770. The normalized spacial score (nSPS) is 17.5. The molecule has 1 saturated heterocycles. The fourth-order valence-electron chi connectivity index (χ4n) is 2.33. The first-order chi connectivity index (χ1) is 9.27. The molecule has 4 heteroatoms. The minimum absolute atomic E-state index is 0.828. The number of ether oxygens (including phenoxy) is 1. The maximum atomic E-state index is 5.41. The summed E-state index contributed by atoms with van der Waals surface area (Å²) in [5.41, 5.74) is 0. The van der Waals surface area contributed by atoms with Gasteiger partial charge < -0.3 is 15.0 Å². The van der Waals surface area contributed by atoms with E-state index in [1.165, 1.54) is 32.1 Å². The van der Waals surface area contributed by atoms with Crippen LogP contribution in [0.25, 0.3) is 0 Å². The second-order valence-corrected chi connectivity index (χ2v) is 5.36. The van der Waals surface area contributed by atoms with Crippen molar-refractivity contribution in [2.24, 2.45) is 10.9 Å². The second kappa shape index (κ2) is 10.1. The van der Waals surface area contributed by atoms with E-state index in [1.54, 1.807) is 0 Å². The molecule has 0 aromatic carbocycles. The molecule has 0 atom stereocenters. The molecule has 0 aromatic rings. The largest absolute Gasteiger partial charge is 0.381 e. The number of nitrogens with zero attached hydrogens (tertiary/aromatic N) is 2. The summed E-state index contributed by atoms with van der Waals surface area (Å²) in [6, 6.07) is 0. The van der Waals surface area contributed by atoms with Crippen molar-refractivity contribution in [3.63, 3.8) is 0 Å². The second-order valence-electron chi connectivity index (χ2n) is 5.36. The van der Waals surface area contributed by atoms with Gasteiger partial charge in [0.2, 0.25) is 0 Å². The molecule has 1 aliphatic heterocycles. The zero-order chi connectivity index (χ0) is 13.9. The molecule has 19 heavy (non-hydrogen) atoms. The van der Waals surface area contributed by atoms with E-state index in [0.717, 1.165) is 44.7 Å². The van der Waals surface area contributed by atoms with E-state index in [1.807, 2.05) is 0 Å². The van der Waals surface area contributed by atoms with Crippen LogP contribution in [0.4, 0.5) is 0 Å². The van der Waals surface area contributed by atoms with Crippen molar-refractivity contribution in [1.82, 2.24) is 10.2 Å². The van der Waals surface area contributed by atoms with Gasteiger partial charge in [-0.05, 0) is 38.5 Å². The first-order valence-electron chi connectivity index (χ1n) is 7.85. The predicted octanol–water partition coefficient (Wildman–Crippen LogP) is 2.50. The van der Waals surface area contributed by atoms with Gasteiger partial charge in [0.05, 0.1) is 0 Å². The van der Waals surface area contributed by atoms with Gasteiger partial charge in [0, 0.05) is 39.9 Å². The van der Waals surface area contributed by atoms with E-state index in [2.05, 4.69) is 36.1 Å². The SMILES string of the molecule is CCCCN=C(NCC)N(C)CCC1CCOCC1. The Morgan fingerprint density at radius 1 is 1.32 bits per heavy atom. The molecular formula is C15H31N3O. The van der Waals surface area contributed by atoms with Gasteiger partial charge in [0.15, 0.2) is 5.96 Å². The molecule has 112 valence electrons. The summed E-state index contributed by atoms with van der Waals surface area (Å²) in [5, 5.41) is 3.38. The molecule has 1 N–H and O–H groups in total. The number of rotatable bonds is 7. The van der Waals surface area contributed by atoms with Crippen molar-refractivity contribution in [1.29, 1.82) is 0 Å². The van der Waals surface area contributed by atoms with Crippen LogP contribution in [0.15, 0.2) is 4.99 Å². The van der Waals surface area contributed by atoms with Crippen molar-refractivity contribution in [2.45, 2.75) is 46.0 Å². The molecule has 1 rings (SSSR count). The summed E-state index contributed by atoms with van der Waals surface area (Å²) in [7, 11) is 2.15. The number of nitrogens with one attached hydrogen (secondary N) is 1. The van der Waals surface area contributed by atoms with Crippen LogP contribution in [0.3, 0.4) is 0 Å². The van der Waals surface area contributed by atoms with Crippen molar-refractivity contribution in [3.8, 4) is 0 Å². The van der Waals surface area contributed by atoms with Gasteiger partial charge in [-0.15, -0.1) is 0 Å². The molecule has 0 aromatic heterocycles. The summed E-state index contributed by atoms with van der Waals surface area (Å²) >= 11 is 0. The fraction of sp³-hybridized carbons (Fsp3) is 0.933. The molecular weight excluding hydrogens is 238 g/mol. The lowest BCUT2D eigenvalue weighted by Gasteiger charge is -2.26. The Labute approximate surface area is 118 Å². The van der Waals surface area contributed by atoms with Gasteiger partial charge in [-0.25, -0.2) is 0 Å². The number of hydrogen-bond donors (Lipinski definition) is 1. The van der Waals surface area contributed by atoms with Crippen LogP contribution in [0, 0.1) is 5.92 Å². The number of unbranched alkanes of at least 4 members (excludes halogenated alkanes) is 1. The Bertz CT molecular complexity index is 250. The predicted molar refractivity (Wildman–Crippen MR) is 81.7 cm³/mol. The molecule has 1 heterocycles. The summed E-state index contributed by atoms with van der Waals surface area (Å²) < 4.78 is 5.41. The lowest BCUT2D eigenvalue weighted by molar-refractivity contribution is 0.0625. The third-order valence-electron chi connectivity index (χ3n) is 3.68. The van der Waals surface area contributed by atoms with Crippen LogP contribution in [-0.2, 0) is 4.74 Å². The molecule has 0 aliphatic carbocycles. The summed E-state index contributed by atoms with van der Waals surface area (Å²) in [4.78, 5) is 6.95. The van der Waals surface area contributed by atoms with Crippen LogP contribution in [0.5, 0.6) is 0 Å². The highest BCUT2D eigenvalue weighted by molar-refractivity contribution is 5.79. The maximum Gasteiger partial charge on any atom is 0.193 e. The molecule has 1 fully saturated rings. The minimum atomic E-state index is 0.828. The lowest BCUT2D eigenvalue weighted by atomic mass is 9.96. The Morgan fingerprint density at radius 2 is 2.05 bits per heavy atom. The third kappa shape index (κ3) is 6.81. The molecule has 4 nitrogen and oxygen atoms in total. The van der Waals surface area contributed by atoms with Crippen LogP contribution in [0.1, 0.15) is 46.0 Å². The monoisotopic (exact) mass is 269 g/mol. The van der Waals surface area contributed by atoms with E-state index < -0.39 is 0 Å². The number of aliphatic imine (C=N–C) groups is 1. The molecule has 0 amide bonds. The highest BCUT2D eigenvalue weighted by Crippen LogP contribution is 2.18. The first kappa shape index (κ1) is 16.3. The molecule has 1 aliphatic rings. The van der Waals surface area contributed by atoms with Gasteiger partial charge in [-0.2, -0.15) is 0 Å². The highest BCUT2D eigenvalue weighted by atomic mass is 16.5. The van der Waals surface area contributed by atoms with Gasteiger partial charge in [-0.3, -0.25) is 4.99 Å². The van der Waals surface area contributed by atoms with Crippen molar-refractivity contribution < 1.29 is 4.74 Å². The van der Waals surface area contributed by atoms with E-state index in [9.17, 15) is 0 Å². The zero-order valence-corrected chi connectivity index (χ0v) is 13.0. The van der Waals surface area contributed by atoms with Crippen molar-refractivity contribution in [2.75, 3.05) is 39.9 Å². The van der Waals surface area contributed by atoms with Crippen LogP contribution >= 0.6 is 0 Å². The summed E-state index contributed by atoms with van der Waals surface area (Å²) in [6.07, 6.45) is 6.06. The quantitative estimate of drug-likeness (QED) is 0.438. The Balaban J connectivity index is 2.33. The van der Waals surface area contributed by atoms with Gasteiger partial charge in [0.25, 0.3) is 0 Å². The van der Waals surface area contributed by atoms with Crippen LogP contribution < -0.4 is 5.32 Å². The van der Waals surface area contributed by atoms with Crippen molar-refractivity contribution >= 4 is 5.96 Å². The van der Waals surface area contributed by atoms with Gasteiger partial charge >= 0.3 is 0 Å². The maximum absolute atomic E-state index is 5.41. The van der Waals surface area contributed by atoms with Crippen LogP contribution in [-0.4, -0.2) is 50.8 Å². The summed E-state index contributed by atoms with van der Waals surface area (Å²) in [6.45, 7) is 9.17. The van der Waals surface area contributed by atoms with Crippen molar-refractivity contribution in [3.05, 3.63) is 0 Å². The average molecular weight is 269 g/mol. The highest BCUT2D eigenvalue weighted by Gasteiger charge is 2.15. The smallest absolute Gasteiger partial charge is 0.193 e. The number of hydrogen-bond acceptors (Lipinski definition) is 2. The fourth-order valence-corrected chi connectivity index (χ4v) is 2.33. The Kier molecular flexibility index (Phi) is 8.63. The third-order valence-corrected chi connectivity index (χ3v) is 3.68. The Morgan fingerprint density at radius 3 is 2.68 bits per heavy atom. The van der Waals surface area contributed by atoms with E-state index >= 15 is 0 Å². The van der Waals surface area contributed by atoms with E-state index in [-0.39, 0.29) is 0 Å². The average Bonchev–Trinajstić information content (AvgIpc) is 2.45. The molecule has 0 radical (unpaired) electrons. The first-order valence-corrected chi connectivity index (χ1v) is 7.85. The molecule has 0 unspecified atom stereocenters. The lowest BCUT2D eigenvalue weighted by Crippen LogP contribution is -2.40. The molecule has 0 spiro atoms. The van der Waals surface area contributed by atoms with E-state index in [4.69, 9.17) is 4.74 Å². The minimum Gasteiger partial charge on any atom is -0.381 e.